The van der Waals surface area contributed by atoms with E-state index in [-0.39, 0.29) is 5.28 Å². The highest BCUT2D eigenvalue weighted by Crippen LogP contribution is 2.31. The summed E-state index contributed by atoms with van der Waals surface area (Å²) in [6, 6.07) is 6.10. The maximum Gasteiger partial charge on any atom is 0.416 e. The number of aromatic nitrogens is 3. The molecule has 0 saturated carbocycles. The Morgan fingerprint density at radius 2 is 2.08 bits per heavy atom. The van der Waals surface area contributed by atoms with Crippen LogP contribution in [0.15, 0.2) is 36.5 Å². The van der Waals surface area contributed by atoms with Crippen molar-refractivity contribution < 1.29 is 18.0 Å². The van der Waals surface area contributed by atoms with Gasteiger partial charge >= 0.3 is 6.18 Å². The van der Waals surface area contributed by atoms with Crippen molar-refractivity contribution in [2.45, 2.75) is 19.1 Å². The fourth-order valence-electron chi connectivity index (χ4n) is 2.44. The van der Waals surface area contributed by atoms with Crippen LogP contribution in [0.4, 0.5) is 19.0 Å². The quantitative estimate of drug-likeness (QED) is 0.694. The van der Waals surface area contributed by atoms with Crippen LogP contribution in [0.25, 0.3) is 5.52 Å². The first-order valence-electron chi connectivity index (χ1n) is 7.23. The van der Waals surface area contributed by atoms with Gasteiger partial charge in [0.2, 0.25) is 5.28 Å². The SMILES string of the molecule is C[C@@H](Nc1nc(Cl)nn2cc(C=O)cc12)c1cccc(C(F)(F)F)c1. The molecule has 2 aromatic heterocycles. The van der Waals surface area contributed by atoms with E-state index >= 15 is 0 Å². The van der Waals surface area contributed by atoms with Gasteiger partial charge in [-0.3, -0.25) is 4.79 Å². The highest BCUT2D eigenvalue weighted by Gasteiger charge is 2.30. The Morgan fingerprint density at radius 3 is 2.76 bits per heavy atom. The number of rotatable bonds is 4. The number of benzene rings is 1. The van der Waals surface area contributed by atoms with Crippen LogP contribution in [0, 0.1) is 0 Å². The lowest BCUT2D eigenvalue weighted by Gasteiger charge is -2.17. The molecule has 0 saturated heterocycles. The number of hydrogen-bond acceptors (Lipinski definition) is 4. The van der Waals surface area contributed by atoms with E-state index in [2.05, 4.69) is 15.4 Å². The lowest BCUT2D eigenvalue weighted by molar-refractivity contribution is -0.137. The summed E-state index contributed by atoms with van der Waals surface area (Å²) in [7, 11) is 0. The minimum absolute atomic E-state index is 0.0562. The van der Waals surface area contributed by atoms with Gasteiger partial charge in [0.1, 0.15) is 5.52 Å². The van der Waals surface area contributed by atoms with Gasteiger partial charge < -0.3 is 5.32 Å². The molecule has 9 heteroatoms. The Balaban J connectivity index is 1.96. The predicted octanol–water partition coefficient (Wildman–Crippen LogP) is 4.39. The Labute approximate surface area is 145 Å². The molecule has 0 fully saturated rings. The number of carbonyl (C=O) groups is 1. The van der Waals surface area contributed by atoms with Crippen LogP contribution in [0.3, 0.4) is 0 Å². The van der Waals surface area contributed by atoms with E-state index in [9.17, 15) is 18.0 Å². The number of alkyl halides is 3. The van der Waals surface area contributed by atoms with Gasteiger partial charge in [-0.25, -0.2) is 4.52 Å². The zero-order valence-electron chi connectivity index (χ0n) is 12.9. The van der Waals surface area contributed by atoms with Crippen molar-refractivity contribution in [1.29, 1.82) is 0 Å². The van der Waals surface area contributed by atoms with Crippen LogP contribution in [0.5, 0.6) is 0 Å². The predicted molar refractivity (Wildman–Crippen MR) is 86.9 cm³/mol. The molecule has 0 spiro atoms. The second-order valence-electron chi connectivity index (χ2n) is 5.44. The zero-order chi connectivity index (χ0) is 18.2. The highest BCUT2D eigenvalue weighted by atomic mass is 35.5. The van der Waals surface area contributed by atoms with Crippen molar-refractivity contribution in [1.82, 2.24) is 14.6 Å². The molecule has 1 atom stereocenters. The summed E-state index contributed by atoms with van der Waals surface area (Å²) in [4.78, 5) is 15.0. The van der Waals surface area contributed by atoms with Crippen molar-refractivity contribution in [2.24, 2.45) is 0 Å². The summed E-state index contributed by atoms with van der Waals surface area (Å²) in [5.41, 5.74) is 0.581. The molecule has 0 aliphatic carbocycles. The van der Waals surface area contributed by atoms with Crippen LogP contribution in [-0.4, -0.2) is 20.9 Å². The van der Waals surface area contributed by atoms with E-state index in [0.717, 1.165) is 12.1 Å². The molecule has 5 nitrogen and oxygen atoms in total. The van der Waals surface area contributed by atoms with Gasteiger partial charge in [-0.05, 0) is 42.3 Å². The van der Waals surface area contributed by atoms with Gasteiger partial charge in [-0.1, -0.05) is 12.1 Å². The molecule has 0 unspecified atom stereocenters. The second-order valence-corrected chi connectivity index (χ2v) is 5.78. The molecule has 0 amide bonds. The minimum Gasteiger partial charge on any atom is -0.362 e. The summed E-state index contributed by atoms with van der Waals surface area (Å²) in [6.45, 7) is 1.70. The van der Waals surface area contributed by atoms with E-state index in [1.54, 1.807) is 19.1 Å². The van der Waals surface area contributed by atoms with Crippen molar-refractivity contribution in [3.63, 3.8) is 0 Å². The third-order valence-corrected chi connectivity index (χ3v) is 3.82. The fraction of sp³-hybridized carbons (Fsp3) is 0.188. The van der Waals surface area contributed by atoms with Crippen LogP contribution >= 0.6 is 11.6 Å². The number of fused-ring (bicyclic) bond motifs is 1. The molecule has 1 N–H and O–H groups in total. The minimum atomic E-state index is -4.42. The molecular formula is C16H12ClF3N4O. The topological polar surface area (TPSA) is 59.3 Å². The first-order valence-corrected chi connectivity index (χ1v) is 7.60. The number of hydrogen-bond donors (Lipinski definition) is 1. The Bertz CT molecular complexity index is 939. The normalized spacial score (nSPS) is 13.0. The number of anilines is 1. The average molecular weight is 369 g/mol. The van der Waals surface area contributed by atoms with Crippen molar-refractivity contribution in [2.75, 3.05) is 5.32 Å². The van der Waals surface area contributed by atoms with Gasteiger partial charge in [0, 0.05) is 11.8 Å². The molecule has 3 aromatic rings. The standard InChI is InChI=1S/C16H12ClF3N4O/c1-9(11-3-2-4-12(6-11)16(18,19)20)21-14-13-5-10(8-25)7-24(13)23-15(17)22-14/h2-9H,1H3,(H,21,22,23)/t9-/m1/s1. The van der Waals surface area contributed by atoms with Gasteiger partial charge in [0.15, 0.2) is 12.1 Å². The fourth-order valence-corrected chi connectivity index (χ4v) is 2.60. The van der Waals surface area contributed by atoms with Crippen LogP contribution < -0.4 is 5.32 Å². The van der Waals surface area contributed by atoms with Crippen LogP contribution in [0.1, 0.15) is 34.5 Å². The molecule has 130 valence electrons. The van der Waals surface area contributed by atoms with Crippen molar-refractivity contribution >= 4 is 29.2 Å². The first-order chi connectivity index (χ1) is 11.8. The number of halogens is 4. The summed E-state index contributed by atoms with van der Waals surface area (Å²) in [5, 5.41) is 6.92. The third kappa shape index (κ3) is 3.58. The lowest BCUT2D eigenvalue weighted by atomic mass is 10.0. The molecule has 0 radical (unpaired) electrons. The smallest absolute Gasteiger partial charge is 0.362 e. The molecule has 0 aliphatic rings. The van der Waals surface area contributed by atoms with E-state index in [4.69, 9.17) is 11.6 Å². The Hall–Kier alpha value is -2.61. The Morgan fingerprint density at radius 1 is 1.32 bits per heavy atom. The Kier molecular flexibility index (Phi) is 4.38. The molecule has 3 rings (SSSR count). The molecule has 25 heavy (non-hydrogen) atoms. The summed E-state index contributed by atoms with van der Waals surface area (Å²) >= 11 is 5.87. The van der Waals surface area contributed by atoms with Crippen LogP contribution in [0.2, 0.25) is 5.28 Å². The third-order valence-electron chi connectivity index (χ3n) is 3.66. The number of carbonyl (C=O) groups excluding carboxylic acids is 1. The monoisotopic (exact) mass is 368 g/mol. The number of nitrogens with one attached hydrogen (secondary N) is 1. The summed E-state index contributed by atoms with van der Waals surface area (Å²) < 4.78 is 40.0. The summed E-state index contributed by atoms with van der Waals surface area (Å²) in [5.74, 6) is 0.318. The largest absolute Gasteiger partial charge is 0.416 e. The van der Waals surface area contributed by atoms with E-state index < -0.39 is 17.8 Å². The summed E-state index contributed by atoms with van der Waals surface area (Å²) in [6.07, 6.45) is -2.28. The van der Waals surface area contributed by atoms with Crippen molar-refractivity contribution in [3.8, 4) is 0 Å². The molecule has 2 heterocycles. The van der Waals surface area contributed by atoms with Gasteiger partial charge in [-0.15, -0.1) is 5.10 Å². The molecule has 0 bridgehead atoms. The van der Waals surface area contributed by atoms with Gasteiger partial charge in [-0.2, -0.15) is 18.2 Å². The molecule has 1 aromatic carbocycles. The van der Waals surface area contributed by atoms with Gasteiger partial charge in [0.05, 0.1) is 11.6 Å². The van der Waals surface area contributed by atoms with Crippen LogP contribution in [-0.2, 0) is 6.18 Å². The van der Waals surface area contributed by atoms with Crippen molar-refractivity contribution in [3.05, 3.63) is 58.5 Å². The highest BCUT2D eigenvalue weighted by molar-refractivity contribution is 6.28. The van der Waals surface area contributed by atoms with E-state index in [1.807, 2.05) is 0 Å². The average Bonchev–Trinajstić information content (AvgIpc) is 2.97. The van der Waals surface area contributed by atoms with Gasteiger partial charge in [0.25, 0.3) is 0 Å². The lowest BCUT2D eigenvalue weighted by Crippen LogP contribution is -2.12. The number of nitrogens with zero attached hydrogens (tertiary/aromatic N) is 3. The molecular weight excluding hydrogens is 357 g/mol. The maximum atomic E-state index is 12.9. The number of aldehydes is 1. The van der Waals surface area contributed by atoms with E-state index in [0.29, 0.717) is 28.7 Å². The van der Waals surface area contributed by atoms with E-state index in [1.165, 1.54) is 16.8 Å². The first kappa shape index (κ1) is 17.2. The second kappa shape index (κ2) is 6.36. The maximum absolute atomic E-state index is 12.9. The molecule has 0 aliphatic heterocycles. The zero-order valence-corrected chi connectivity index (χ0v) is 13.6.